The summed E-state index contributed by atoms with van der Waals surface area (Å²) >= 11 is 0. The zero-order chi connectivity index (χ0) is 12.8. The number of ether oxygens (including phenoxy) is 1. The summed E-state index contributed by atoms with van der Waals surface area (Å²) in [6.45, 7) is 2.31. The quantitative estimate of drug-likeness (QED) is 0.820. The minimum absolute atomic E-state index is 0.471. The average Bonchev–Trinajstić information content (AvgIpc) is 2.86. The lowest BCUT2D eigenvalue weighted by atomic mass is 10.3. The summed E-state index contributed by atoms with van der Waals surface area (Å²) < 4.78 is 6.96. The van der Waals surface area contributed by atoms with E-state index in [2.05, 4.69) is 4.98 Å². The lowest BCUT2D eigenvalue weighted by molar-refractivity contribution is -0.0581. The van der Waals surface area contributed by atoms with Crippen LogP contribution in [0.3, 0.4) is 0 Å². The first-order valence-corrected chi connectivity index (χ1v) is 5.88. The highest BCUT2D eigenvalue weighted by atomic mass is 16.6. The van der Waals surface area contributed by atoms with E-state index < -0.39 is 6.29 Å². The Bertz CT molecular complexity index is 506. The molecule has 0 aliphatic rings. The van der Waals surface area contributed by atoms with E-state index in [4.69, 9.17) is 4.74 Å². The van der Waals surface area contributed by atoms with Gasteiger partial charge in [0, 0.05) is 24.7 Å². The van der Waals surface area contributed by atoms with Crippen LogP contribution in [0.15, 0.2) is 48.8 Å². The number of imidazole rings is 1. The summed E-state index contributed by atoms with van der Waals surface area (Å²) in [7, 11) is 0. The molecule has 0 bridgehead atoms. The van der Waals surface area contributed by atoms with Gasteiger partial charge in [-0.05, 0) is 31.2 Å². The van der Waals surface area contributed by atoms with E-state index in [9.17, 15) is 5.11 Å². The van der Waals surface area contributed by atoms with Crippen LogP contribution in [-0.2, 0) is 4.74 Å². The number of para-hydroxylation sites is 1. The van der Waals surface area contributed by atoms with Crippen LogP contribution in [0.5, 0.6) is 0 Å². The third kappa shape index (κ3) is 3.06. The van der Waals surface area contributed by atoms with Gasteiger partial charge in [-0.25, -0.2) is 4.98 Å². The first-order valence-electron chi connectivity index (χ1n) is 5.88. The zero-order valence-corrected chi connectivity index (χ0v) is 10.2. The van der Waals surface area contributed by atoms with Gasteiger partial charge in [0.1, 0.15) is 5.82 Å². The molecule has 1 heterocycles. The molecule has 0 saturated heterocycles. The molecule has 94 valence electrons. The molecule has 1 aromatic carbocycles. The Labute approximate surface area is 106 Å². The monoisotopic (exact) mass is 244 g/mol. The summed E-state index contributed by atoms with van der Waals surface area (Å²) in [6.07, 6.45) is 6.02. The summed E-state index contributed by atoms with van der Waals surface area (Å²) in [4.78, 5) is 4.23. The third-order valence-corrected chi connectivity index (χ3v) is 2.45. The molecular formula is C14H16N2O2. The predicted octanol–water partition coefficient (Wildman–Crippen LogP) is 2.24. The van der Waals surface area contributed by atoms with Crippen molar-refractivity contribution in [2.24, 2.45) is 0 Å². The van der Waals surface area contributed by atoms with Crippen LogP contribution in [0.1, 0.15) is 12.7 Å². The maximum absolute atomic E-state index is 9.46. The predicted molar refractivity (Wildman–Crippen MR) is 70.2 cm³/mol. The van der Waals surface area contributed by atoms with Gasteiger partial charge in [-0.3, -0.25) is 0 Å². The van der Waals surface area contributed by atoms with Crippen LogP contribution in [0.4, 0.5) is 0 Å². The molecule has 0 aliphatic carbocycles. The molecule has 2 rings (SSSR count). The van der Waals surface area contributed by atoms with E-state index in [0.717, 1.165) is 11.5 Å². The molecule has 18 heavy (non-hydrogen) atoms. The fourth-order valence-electron chi connectivity index (χ4n) is 1.64. The van der Waals surface area contributed by atoms with Gasteiger partial charge < -0.3 is 14.4 Å². The van der Waals surface area contributed by atoms with Gasteiger partial charge in [-0.1, -0.05) is 18.2 Å². The maximum atomic E-state index is 9.46. The van der Waals surface area contributed by atoms with Crippen molar-refractivity contribution >= 4 is 6.08 Å². The molecule has 0 amide bonds. The van der Waals surface area contributed by atoms with E-state index in [1.807, 2.05) is 48.0 Å². The first-order chi connectivity index (χ1) is 8.81. The van der Waals surface area contributed by atoms with Gasteiger partial charge in [0.15, 0.2) is 6.29 Å². The van der Waals surface area contributed by atoms with Crippen molar-refractivity contribution < 1.29 is 9.84 Å². The maximum Gasteiger partial charge on any atom is 0.174 e. The molecule has 0 spiro atoms. The number of hydrogen-bond acceptors (Lipinski definition) is 3. The van der Waals surface area contributed by atoms with Gasteiger partial charge in [0.2, 0.25) is 0 Å². The molecule has 1 N–H and O–H groups in total. The van der Waals surface area contributed by atoms with Gasteiger partial charge in [0.05, 0.1) is 0 Å². The Morgan fingerprint density at radius 2 is 2.17 bits per heavy atom. The molecule has 0 fully saturated rings. The number of rotatable bonds is 5. The molecular weight excluding hydrogens is 228 g/mol. The summed E-state index contributed by atoms with van der Waals surface area (Å²) in [6, 6.07) is 9.90. The number of aliphatic hydroxyl groups excluding tert-OH is 1. The fraction of sp³-hybridized carbons (Fsp3) is 0.214. The number of aromatic nitrogens is 2. The van der Waals surface area contributed by atoms with Crippen LogP contribution < -0.4 is 0 Å². The Morgan fingerprint density at radius 1 is 1.39 bits per heavy atom. The molecule has 0 radical (unpaired) electrons. The van der Waals surface area contributed by atoms with E-state index >= 15 is 0 Å². The molecule has 1 aromatic heterocycles. The number of benzene rings is 1. The Morgan fingerprint density at radius 3 is 2.89 bits per heavy atom. The van der Waals surface area contributed by atoms with E-state index in [-0.39, 0.29) is 0 Å². The van der Waals surface area contributed by atoms with Crippen LogP contribution in [0.2, 0.25) is 0 Å². The van der Waals surface area contributed by atoms with Crippen molar-refractivity contribution in [3.05, 3.63) is 54.6 Å². The highest BCUT2D eigenvalue weighted by Crippen LogP contribution is 2.11. The normalized spacial score (nSPS) is 13.0. The first kappa shape index (κ1) is 12.5. The number of hydrogen-bond donors (Lipinski definition) is 1. The lowest BCUT2D eigenvalue weighted by Gasteiger charge is -2.06. The van der Waals surface area contributed by atoms with Crippen LogP contribution in [0.25, 0.3) is 11.8 Å². The van der Waals surface area contributed by atoms with Crippen LogP contribution in [-0.4, -0.2) is 27.6 Å². The van der Waals surface area contributed by atoms with Crippen molar-refractivity contribution in [2.75, 3.05) is 6.61 Å². The van der Waals surface area contributed by atoms with Gasteiger partial charge >= 0.3 is 0 Å². The van der Waals surface area contributed by atoms with Crippen LogP contribution in [0, 0.1) is 0 Å². The highest BCUT2D eigenvalue weighted by Gasteiger charge is 2.02. The second-order valence-electron chi connectivity index (χ2n) is 3.70. The van der Waals surface area contributed by atoms with Crippen molar-refractivity contribution in [1.82, 2.24) is 9.55 Å². The Hall–Kier alpha value is -1.91. The minimum atomic E-state index is -0.893. The average molecular weight is 244 g/mol. The van der Waals surface area contributed by atoms with Crippen molar-refractivity contribution in [3.63, 3.8) is 0 Å². The summed E-state index contributed by atoms with van der Waals surface area (Å²) in [5.74, 6) is 0.750. The summed E-state index contributed by atoms with van der Waals surface area (Å²) in [5, 5.41) is 9.46. The van der Waals surface area contributed by atoms with Gasteiger partial charge in [-0.2, -0.15) is 0 Å². The van der Waals surface area contributed by atoms with E-state index in [0.29, 0.717) is 6.61 Å². The van der Waals surface area contributed by atoms with Gasteiger partial charge in [0.25, 0.3) is 0 Å². The molecule has 1 unspecified atom stereocenters. The molecule has 4 heteroatoms. The second-order valence-corrected chi connectivity index (χ2v) is 3.70. The van der Waals surface area contributed by atoms with Crippen molar-refractivity contribution in [2.45, 2.75) is 13.2 Å². The Balaban J connectivity index is 2.18. The molecule has 2 aromatic rings. The zero-order valence-electron chi connectivity index (χ0n) is 10.2. The lowest BCUT2D eigenvalue weighted by Crippen LogP contribution is -2.07. The molecule has 0 aliphatic heterocycles. The third-order valence-electron chi connectivity index (χ3n) is 2.45. The minimum Gasteiger partial charge on any atom is -0.365 e. The highest BCUT2D eigenvalue weighted by molar-refractivity contribution is 5.46. The smallest absolute Gasteiger partial charge is 0.174 e. The van der Waals surface area contributed by atoms with E-state index in [1.165, 1.54) is 0 Å². The number of nitrogens with zero attached hydrogens (tertiary/aromatic N) is 2. The second kappa shape index (κ2) is 6.14. The van der Waals surface area contributed by atoms with Crippen LogP contribution >= 0.6 is 0 Å². The molecule has 4 nitrogen and oxygen atoms in total. The molecule has 0 saturated carbocycles. The van der Waals surface area contributed by atoms with E-state index in [1.54, 1.807) is 18.3 Å². The standard InChI is InChI=1S/C14H16N2O2/c1-2-18-14(17)9-8-13-15-10-11-16(13)12-6-4-3-5-7-12/h3-11,14,17H,2H2,1H3. The number of aliphatic hydroxyl groups is 1. The fourth-order valence-corrected chi connectivity index (χ4v) is 1.64. The van der Waals surface area contributed by atoms with Crippen molar-refractivity contribution in [1.29, 1.82) is 0 Å². The SMILES string of the molecule is CCOC(O)C=Cc1nccn1-c1ccccc1. The largest absolute Gasteiger partial charge is 0.365 e. The topological polar surface area (TPSA) is 47.3 Å². The summed E-state index contributed by atoms with van der Waals surface area (Å²) in [5.41, 5.74) is 1.03. The van der Waals surface area contributed by atoms with Gasteiger partial charge in [-0.15, -0.1) is 0 Å². The van der Waals surface area contributed by atoms with Crippen molar-refractivity contribution in [3.8, 4) is 5.69 Å². The Kier molecular flexibility index (Phi) is 4.28. The molecule has 1 atom stereocenters.